The van der Waals surface area contributed by atoms with Crippen LogP contribution in [0.4, 0.5) is 0 Å². The number of amides is 1. The molecule has 0 saturated carbocycles. The summed E-state index contributed by atoms with van der Waals surface area (Å²) in [5.74, 6) is 0. The highest BCUT2D eigenvalue weighted by Crippen LogP contribution is 1.37. The second kappa shape index (κ2) is 3.05. The highest BCUT2D eigenvalue weighted by Gasteiger charge is 1.28. The fraction of sp³-hybridized carbons (Fsp3) is 0. The molecule has 0 aliphatic carbocycles. The fourth-order valence-electron chi connectivity index (χ4n) is 0.0236. The summed E-state index contributed by atoms with van der Waals surface area (Å²) >= 11 is 0. The minimum atomic E-state index is 0.194. The Hall–Kier alpha value is -0.950. The van der Waals surface area contributed by atoms with Crippen LogP contribution in [0.25, 0.3) is 5.41 Å². The van der Waals surface area contributed by atoms with Crippen molar-refractivity contribution >= 4 is 12.4 Å². The first-order valence-electron chi connectivity index (χ1n) is 0.941. The molecule has 0 bridgehead atoms. The van der Waals surface area contributed by atoms with E-state index >= 15 is 0 Å². The van der Waals surface area contributed by atoms with Crippen molar-refractivity contribution in [1.82, 2.24) is 0 Å². The van der Waals surface area contributed by atoms with E-state index in [2.05, 4.69) is 4.99 Å². The molecular weight excluding hydrogens is 68.0 g/mol. The second-order valence-corrected chi connectivity index (χ2v) is 0.335. The van der Waals surface area contributed by atoms with E-state index in [9.17, 15) is 0 Å². The van der Waals surface area contributed by atoms with Gasteiger partial charge in [0.25, 0.3) is 0 Å². The Morgan fingerprint density at radius 2 is 2.60 bits per heavy atom. The second-order valence-electron chi connectivity index (χ2n) is 0.335. The largest absolute Gasteiger partial charge is 0.422 e. The van der Waals surface area contributed by atoms with E-state index in [4.69, 9.17) is 10.2 Å². The maximum absolute atomic E-state index is 9.02. The first kappa shape index (κ1) is 4.05. The molecule has 0 aliphatic rings. The molecular formula is C2HN2O-. The third-order valence-corrected chi connectivity index (χ3v) is 0.110. The first-order chi connectivity index (χ1) is 2.41. The Morgan fingerprint density at radius 1 is 2.00 bits per heavy atom. The predicted octanol–water partition coefficient (Wildman–Crippen LogP) is -0.114. The molecule has 0 N–H and O–H groups in total. The molecule has 0 radical (unpaired) electrons. The molecule has 1 amide bonds. The average molecular weight is 69.0 g/mol. The molecule has 0 rings (SSSR count). The molecule has 0 atom stereocenters. The molecule has 0 aromatic carbocycles. The van der Waals surface area contributed by atoms with Crippen LogP contribution in [0.1, 0.15) is 0 Å². The van der Waals surface area contributed by atoms with E-state index in [-0.39, 0.29) is 6.41 Å². The van der Waals surface area contributed by atoms with Gasteiger partial charge in [0.1, 0.15) is 6.41 Å². The molecule has 0 fully saturated rings. The zero-order valence-electron chi connectivity index (χ0n) is 2.38. The number of carbonyl (C=O) groups excluding carboxylic acids is 1. The Morgan fingerprint density at radius 3 is 2.60 bits per heavy atom. The van der Waals surface area contributed by atoms with Gasteiger partial charge in [0, 0.05) is 0 Å². The van der Waals surface area contributed by atoms with Crippen molar-refractivity contribution in [3.05, 3.63) is 5.41 Å². The monoisotopic (exact) mass is 69.0 g/mol. The van der Waals surface area contributed by atoms with E-state index in [1.165, 1.54) is 6.01 Å². The summed E-state index contributed by atoms with van der Waals surface area (Å²) in [7, 11) is 0. The Kier molecular flexibility index (Phi) is 2.47. The van der Waals surface area contributed by atoms with E-state index in [0.29, 0.717) is 0 Å². The minimum Gasteiger partial charge on any atom is -0.422 e. The van der Waals surface area contributed by atoms with Crippen molar-refractivity contribution < 1.29 is 4.79 Å². The van der Waals surface area contributed by atoms with Crippen LogP contribution in [0.2, 0.25) is 0 Å². The van der Waals surface area contributed by atoms with E-state index < -0.39 is 0 Å². The Bertz CT molecular complexity index is 71.7. The van der Waals surface area contributed by atoms with Gasteiger partial charge in [-0.1, -0.05) is 0 Å². The lowest BCUT2D eigenvalue weighted by molar-refractivity contribution is -0.106. The van der Waals surface area contributed by atoms with E-state index in [1.54, 1.807) is 0 Å². The van der Waals surface area contributed by atoms with Crippen LogP contribution in [-0.2, 0) is 4.79 Å². The number of rotatable bonds is 1. The number of hydrogen-bond acceptors (Lipinski definition) is 1. The molecule has 0 spiro atoms. The molecule has 0 unspecified atom stereocenters. The van der Waals surface area contributed by atoms with Crippen LogP contribution in [0.15, 0.2) is 4.99 Å². The Balaban J connectivity index is 3.31. The van der Waals surface area contributed by atoms with Crippen LogP contribution < -0.4 is 0 Å². The lowest BCUT2D eigenvalue weighted by Gasteiger charge is -1.60. The number of aliphatic imine (C=N–C) groups is 1. The van der Waals surface area contributed by atoms with E-state index in [1.807, 2.05) is 0 Å². The molecule has 0 saturated heterocycles. The summed E-state index contributed by atoms with van der Waals surface area (Å²) in [6.45, 7) is 0. The molecule has 3 nitrogen and oxygen atoms in total. The van der Waals surface area contributed by atoms with Crippen LogP contribution >= 0.6 is 0 Å². The van der Waals surface area contributed by atoms with Crippen LogP contribution in [-0.4, -0.2) is 12.4 Å². The third kappa shape index (κ3) is 3.05. The molecule has 0 heterocycles. The number of hydrogen-bond donors (Lipinski definition) is 0. The van der Waals surface area contributed by atoms with Gasteiger partial charge in [0.2, 0.25) is 0 Å². The number of nitrogens with zero attached hydrogens (tertiary/aromatic N) is 2. The lowest BCUT2D eigenvalue weighted by Crippen LogP contribution is -1.51. The molecule has 0 aliphatic heterocycles. The normalized spacial score (nSPS) is 4.80. The minimum absolute atomic E-state index is 0.194. The van der Waals surface area contributed by atoms with Crippen molar-refractivity contribution in [3.63, 3.8) is 0 Å². The van der Waals surface area contributed by atoms with Crippen LogP contribution in [0.5, 0.6) is 0 Å². The van der Waals surface area contributed by atoms with Gasteiger partial charge in [-0.15, -0.1) is 6.01 Å². The highest BCUT2D eigenvalue weighted by atomic mass is 16.1. The molecule has 0 aromatic rings. The van der Waals surface area contributed by atoms with Crippen molar-refractivity contribution in [2.45, 2.75) is 0 Å². The smallest absolute Gasteiger partial charge is 0.139 e. The SMILES string of the molecule is [N-]=C=NC=O. The zero-order chi connectivity index (χ0) is 4.12. The van der Waals surface area contributed by atoms with Gasteiger partial charge in [-0.3, -0.25) is 0 Å². The average Bonchev–Trinajstić information content (AvgIpc) is 1.41. The van der Waals surface area contributed by atoms with Crippen molar-refractivity contribution in [2.75, 3.05) is 0 Å². The summed E-state index contributed by atoms with van der Waals surface area (Å²) < 4.78 is 0. The van der Waals surface area contributed by atoms with Gasteiger partial charge in [0.15, 0.2) is 0 Å². The predicted molar refractivity (Wildman–Crippen MR) is 16.9 cm³/mol. The van der Waals surface area contributed by atoms with E-state index in [0.717, 1.165) is 0 Å². The zero-order valence-corrected chi connectivity index (χ0v) is 2.38. The van der Waals surface area contributed by atoms with Crippen LogP contribution in [0.3, 0.4) is 0 Å². The van der Waals surface area contributed by atoms with Gasteiger partial charge in [0.05, 0.1) is 0 Å². The van der Waals surface area contributed by atoms with Crippen molar-refractivity contribution in [3.8, 4) is 0 Å². The van der Waals surface area contributed by atoms with Gasteiger partial charge in [-0.05, 0) is 0 Å². The molecule has 5 heavy (non-hydrogen) atoms. The van der Waals surface area contributed by atoms with Crippen molar-refractivity contribution in [1.29, 1.82) is 0 Å². The van der Waals surface area contributed by atoms with Gasteiger partial charge in [-0.25, -0.2) is 0 Å². The highest BCUT2D eigenvalue weighted by molar-refractivity contribution is 5.62. The molecule has 0 aromatic heterocycles. The third-order valence-electron chi connectivity index (χ3n) is 0.110. The summed E-state index contributed by atoms with van der Waals surface area (Å²) in [6, 6.07) is 1.27. The quantitative estimate of drug-likeness (QED) is 0.313. The first-order valence-corrected chi connectivity index (χ1v) is 0.941. The Labute approximate surface area is 28.8 Å². The maximum Gasteiger partial charge on any atom is 0.139 e. The van der Waals surface area contributed by atoms with Gasteiger partial charge >= 0.3 is 0 Å². The summed E-state index contributed by atoms with van der Waals surface area (Å²) in [5, 5.41) is 7.42. The standard InChI is InChI=1S/C2HN2O/c3-1-4-2-5/h2H/q-1. The number of carbonyl (C=O) groups is 1. The maximum atomic E-state index is 9.02. The topological polar surface area (TPSA) is 51.7 Å². The molecule has 26 valence electrons. The summed E-state index contributed by atoms with van der Waals surface area (Å²) in [4.78, 5) is 11.6. The lowest BCUT2D eigenvalue weighted by atomic mass is 11.3. The van der Waals surface area contributed by atoms with Gasteiger partial charge < -0.3 is 15.2 Å². The summed E-state index contributed by atoms with van der Waals surface area (Å²) in [5.41, 5.74) is 0. The molecule has 3 heteroatoms. The fourth-order valence-corrected chi connectivity index (χ4v) is 0.0236. The van der Waals surface area contributed by atoms with Crippen LogP contribution in [0, 0.1) is 0 Å². The van der Waals surface area contributed by atoms with Gasteiger partial charge in [-0.2, -0.15) is 0 Å². The summed E-state index contributed by atoms with van der Waals surface area (Å²) in [6.07, 6.45) is 0.194. The van der Waals surface area contributed by atoms with Crippen molar-refractivity contribution in [2.24, 2.45) is 4.99 Å².